The molecule has 1 unspecified atom stereocenters. The van der Waals surface area contributed by atoms with Gasteiger partial charge in [-0.1, -0.05) is 41.4 Å². The third kappa shape index (κ3) is 3.28. The van der Waals surface area contributed by atoms with Crippen LogP contribution >= 0.6 is 50.5 Å². The Hall–Kier alpha value is -0.0600. The Kier molecular flexibility index (Phi) is 5.10. The van der Waals surface area contributed by atoms with Crippen LogP contribution in [0.15, 0.2) is 34.8 Å². The predicted molar refractivity (Wildman–Crippen MR) is 84.0 cm³/mol. The van der Waals surface area contributed by atoms with Crippen molar-refractivity contribution in [3.8, 4) is 0 Å². The molecular weight excluding hydrogens is 353 g/mol. The summed E-state index contributed by atoms with van der Waals surface area (Å²) < 4.78 is 1.73. The molecule has 2 aromatic rings. The molecule has 0 saturated heterocycles. The van der Waals surface area contributed by atoms with E-state index >= 15 is 0 Å². The molecule has 5 heteroatoms. The van der Waals surface area contributed by atoms with Crippen LogP contribution in [0.4, 0.5) is 0 Å². The quantitative estimate of drug-likeness (QED) is 0.773. The highest BCUT2D eigenvalue weighted by Gasteiger charge is 2.16. The van der Waals surface area contributed by atoms with Crippen molar-refractivity contribution >= 4 is 50.5 Å². The Bertz CT molecular complexity index is 522. The van der Waals surface area contributed by atoms with Crippen molar-refractivity contribution in [2.45, 2.75) is 12.5 Å². The average molecular weight is 365 g/mol. The molecule has 0 radical (unpaired) electrons. The smallest absolute Gasteiger partial charge is 0.107 e. The number of halogens is 3. The Morgan fingerprint density at radius 2 is 2.06 bits per heavy atom. The number of hydrogen-bond donors (Lipinski definition) is 1. The lowest BCUT2D eigenvalue weighted by atomic mass is 10.0. The van der Waals surface area contributed by atoms with Crippen LogP contribution in [-0.4, -0.2) is 7.05 Å². The molecule has 0 bridgehead atoms. The molecule has 1 aromatic carbocycles. The third-order valence-corrected chi connectivity index (χ3v) is 5.70. The van der Waals surface area contributed by atoms with Gasteiger partial charge in [0.25, 0.3) is 0 Å². The molecule has 0 aliphatic heterocycles. The van der Waals surface area contributed by atoms with Gasteiger partial charge in [-0.05, 0) is 47.1 Å². The maximum Gasteiger partial charge on any atom is 0.107 e. The van der Waals surface area contributed by atoms with Crippen LogP contribution in [0.5, 0.6) is 0 Å². The molecule has 0 spiro atoms. The summed E-state index contributed by atoms with van der Waals surface area (Å²) in [6.07, 6.45) is 0.847. The van der Waals surface area contributed by atoms with Crippen molar-refractivity contribution in [1.29, 1.82) is 0 Å². The van der Waals surface area contributed by atoms with E-state index in [0.717, 1.165) is 25.8 Å². The summed E-state index contributed by atoms with van der Waals surface area (Å²) in [6.45, 7) is 0. The van der Waals surface area contributed by atoms with E-state index in [-0.39, 0.29) is 6.04 Å². The lowest BCUT2D eigenvalue weighted by Crippen LogP contribution is -2.17. The number of thiophene rings is 1. The van der Waals surface area contributed by atoms with Crippen LogP contribution in [0.3, 0.4) is 0 Å². The zero-order valence-electron chi connectivity index (χ0n) is 9.71. The van der Waals surface area contributed by atoms with E-state index in [0.29, 0.717) is 0 Å². The van der Waals surface area contributed by atoms with E-state index in [1.165, 1.54) is 4.88 Å². The molecule has 2 rings (SSSR count). The zero-order valence-corrected chi connectivity index (χ0v) is 13.6. The fourth-order valence-electron chi connectivity index (χ4n) is 1.76. The fraction of sp³-hybridized carbons (Fsp3) is 0.231. The Balaban J connectivity index is 2.22. The van der Waals surface area contributed by atoms with Gasteiger partial charge in [-0.3, -0.25) is 0 Å². The topological polar surface area (TPSA) is 12.0 Å². The highest BCUT2D eigenvalue weighted by Crippen LogP contribution is 2.36. The lowest BCUT2D eigenvalue weighted by Gasteiger charge is -2.15. The summed E-state index contributed by atoms with van der Waals surface area (Å²) in [5.41, 5.74) is 1.14. The standard InChI is InChI=1S/C13H12BrCl2NS/c1-17-11(12-7-9(14)13(16)18-12)6-8-4-2-3-5-10(8)15/h2-5,7,11,17H,6H2,1H3. The zero-order chi connectivity index (χ0) is 13.1. The molecule has 1 heterocycles. The first-order valence-electron chi connectivity index (χ1n) is 5.47. The van der Waals surface area contributed by atoms with Crippen molar-refractivity contribution in [3.63, 3.8) is 0 Å². The summed E-state index contributed by atoms with van der Waals surface area (Å²) in [6, 6.07) is 10.2. The average Bonchev–Trinajstić information content (AvgIpc) is 2.68. The highest BCUT2D eigenvalue weighted by atomic mass is 79.9. The minimum absolute atomic E-state index is 0.221. The second-order valence-corrected chi connectivity index (χ2v) is 6.85. The van der Waals surface area contributed by atoms with Crippen molar-refractivity contribution in [1.82, 2.24) is 5.32 Å². The van der Waals surface area contributed by atoms with Gasteiger partial charge < -0.3 is 5.32 Å². The summed E-state index contributed by atoms with van der Waals surface area (Å²) in [5, 5.41) is 4.11. The van der Waals surface area contributed by atoms with Gasteiger partial charge in [0.05, 0.1) is 0 Å². The minimum Gasteiger partial charge on any atom is -0.312 e. The molecule has 0 aliphatic carbocycles. The lowest BCUT2D eigenvalue weighted by molar-refractivity contribution is 0.602. The SMILES string of the molecule is CNC(Cc1ccccc1Cl)c1cc(Br)c(Cl)s1. The normalized spacial score (nSPS) is 12.7. The number of likely N-dealkylation sites (N-methyl/N-ethyl adjacent to an activating group) is 1. The van der Waals surface area contributed by atoms with E-state index in [1.54, 1.807) is 11.3 Å². The maximum absolute atomic E-state index is 6.19. The maximum atomic E-state index is 6.19. The van der Waals surface area contributed by atoms with E-state index in [9.17, 15) is 0 Å². The summed E-state index contributed by atoms with van der Waals surface area (Å²) >= 11 is 17.3. The van der Waals surface area contributed by atoms with Gasteiger partial charge in [-0.15, -0.1) is 11.3 Å². The molecule has 1 atom stereocenters. The monoisotopic (exact) mass is 363 g/mol. The van der Waals surface area contributed by atoms with Gasteiger partial charge in [-0.2, -0.15) is 0 Å². The van der Waals surface area contributed by atoms with E-state index in [4.69, 9.17) is 23.2 Å². The largest absolute Gasteiger partial charge is 0.312 e. The van der Waals surface area contributed by atoms with Gasteiger partial charge in [0.15, 0.2) is 0 Å². The number of nitrogens with one attached hydrogen (secondary N) is 1. The summed E-state index contributed by atoms with van der Waals surface area (Å²) in [4.78, 5) is 1.20. The molecule has 1 N–H and O–H groups in total. The van der Waals surface area contributed by atoms with E-state index in [2.05, 4.69) is 33.4 Å². The van der Waals surface area contributed by atoms with E-state index in [1.807, 2.05) is 25.2 Å². The second-order valence-electron chi connectivity index (χ2n) is 3.91. The Labute approximate surface area is 129 Å². The molecule has 0 aliphatic rings. The highest BCUT2D eigenvalue weighted by molar-refractivity contribution is 9.10. The van der Waals surface area contributed by atoms with Crippen LogP contribution in [0.1, 0.15) is 16.5 Å². The number of hydrogen-bond acceptors (Lipinski definition) is 2. The molecule has 1 aromatic heterocycles. The number of rotatable bonds is 4. The third-order valence-electron chi connectivity index (χ3n) is 2.74. The molecule has 18 heavy (non-hydrogen) atoms. The van der Waals surface area contributed by atoms with Gasteiger partial charge in [0.1, 0.15) is 4.34 Å². The van der Waals surface area contributed by atoms with Crippen LogP contribution in [0.2, 0.25) is 9.36 Å². The first-order chi connectivity index (χ1) is 8.61. The summed E-state index contributed by atoms with van der Waals surface area (Å²) in [5.74, 6) is 0. The van der Waals surface area contributed by atoms with E-state index < -0.39 is 0 Å². The molecule has 0 saturated carbocycles. The molecule has 0 amide bonds. The first kappa shape index (κ1) is 14.4. The number of benzene rings is 1. The fourth-order valence-corrected chi connectivity index (χ4v) is 3.82. The molecular formula is C13H12BrCl2NS. The Morgan fingerprint density at radius 1 is 1.33 bits per heavy atom. The Morgan fingerprint density at radius 3 is 2.61 bits per heavy atom. The van der Waals surface area contributed by atoms with Crippen molar-refractivity contribution in [2.75, 3.05) is 7.05 Å². The van der Waals surface area contributed by atoms with Crippen molar-refractivity contribution in [3.05, 3.63) is 54.6 Å². The molecule has 96 valence electrons. The van der Waals surface area contributed by atoms with Crippen LogP contribution in [-0.2, 0) is 6.42 Å². The molecule has 0 fully saturated rings. The van der Waals surface area contributed by atoms with Crippen LogP contribution in [0.25, 0.3) is 0 Å². The van der Waals surface area contributed by atoms with Gasteiger partial charge in [0, 0.05) is 20.4 Å². The summed E-state index contributed by atoms with van der Waals surface area (Å²) in [7, 11) is 1.95. The molecule has 1 nitrogen and oxygen atoms in total. The van der Waals surface area contributed by atoms with Crippen LogP contribution in [0, 0.1) is 0 Å². The van der Waals surface area contributed by atoms with Gasteiger partial charge in [-0.25, -0.2) is 0 Å². The first-order valence-corrected chi connectivity index (χ1v) is 7.83. The minimum atomic E-state index is 0.221. The predicted octanol–water partition coefficient (Wildman–Crippen LogP) is 5.32. The van der Waals surface area contributed by atoms with Gasteiger partial charge in [0.2, 0.25) is 0 Å². The van der Waals surface area contributed by atoms with Gasteiger partial charge >= 0.3 is 0 Å². The van der Waals surface area contributed by atoms with Crippen LogP contribution < -0.4 is 5.32 Å². The van der Waals surface area contributed by atoms with Crippen molar-refractivity contribution < 1.29 is 0 Å². The second kappa shape index (κ2) is 6.40. The van der Waals surface area contributed by atoms with Crippen molar-refractivity contribution in [2.24, 2.45) is 0 Å².